The number of ether oxygens (including phenoxy) is 1. The predicted molar refractivity (Wildman–Crippen MR) is 83.5 cm³/mol. The van der Waals surface area contributed by atoms with Crippen molar-refractivity contribution in [3.63, 3.8) is 0 Å². The molecule has 0 saturated heterocycles. The second kappa shape index (κ2) is 5.63. The first kappa shape index (κ1) is 13.1. The molecule has 0 fully saturated rings. The van der Waals surface area contributed by atoms with E-state index >= 15 is 0 Å². The molecular formula is C17H15N3O. The van der Waals surface area contributed by atoms with Gasteiger partial charge in [-0.15, -0.1) is 0 Å². The molecule has 0 bridgehead atoms. The Balaban J connectivity index is 1.79. The van der Waals surface area contributed by atoms with Gasteiger partial charge in [0, 0.05) is 22.7 Å². The van der Waals surface area contributed by atoms with E-state index in [1.165, 1.54) is 0 Å². The average molecular weight is 277 g/mol. The van der Waals surface area contributed by atoms with Crippen LogP contribution in [0, 0.1) is 5.41 Å². The van der Waals surface area contributed by atoms with Gasteiger partial charge in [-0.1, -0.05) is 18.2 Å². The highest BCUT2D eigenvalue weighted by molar-refractivity contribution is 5.94. The van der Waals surface area contributed by atoms with Crippen LogP contribution in [-0.2, 0) is 6.61 Å². The molecule has 1 heterocycles. The van der Waals surface area contributed by atoms with Gasteiger partial charge in [0.2, 0.25) is 0 Å². The van der Waals surface area contributed by atoms with Crippen molar-refractivity contribution in [1.82, 2.24) is 4.98 Å². The van der Waals surface area contributed by atoms with Gasteiger partial charge in [0.05, 0.1) is 5.52 Å². The van der Waals surface area contributed by atoms with E-state index in [1.807, 2.05) is 42.5 Å². The van der Waals surface area contributed by atoms with Crippen molar-refractivity contribution in [3.8, 4) is 5.75 Å². The third kappa shape index (κ3) is 2.84. The summed E-state index contributed by atoms with van der Waals surface area (Å²) in [6.07, 6.45) is 1.79. The third-order valence-electron chi connectivity index (χ3n) is 3.30. The minimum atomic E-state index is 0.0571. The molecule has 0 radical (unpaired) electrons. The fraction of sp³-hybridized carbons (Fsp3) is 0.0588. The zero-order chi connectivity index (χ0) is 14.7. The number of nitrogens with zero attached hydrogens (tertiary/aromatic N) is 1. The fourth-order valence-electron chi connectivity index (χ4n) is 2.17. The number of aromatic nitrogens is 1. The summed E-state index contributed by atoms with van der Waals surface area (Å²) in [6.45, 7) is 0.475. The lowest BCUT2D eigenvalue weighted by molar-refractivity contribution is 0.307. The van der Waals surface area contributed by atoms with Crippen molar-refractivity contribution < 1.29 is 4.74 Å². The normalized spacial score (nSPS) is 10.5. The van der Waals surface area contributed by atoms with Crippen LogP contribution >= 0.6 is 0 Å². The number of amidine groups is 1. The highest BCUT2D eigenvalue weighted by Gasteiger charge is 2.03. The van der Waals surface area contributed by atoms with E-state index in [4.69, 9.17) is 15.9 Å². The molecule has 2 aromatic carbocycles. The van der Waals surface area contributed by atoms with Gasteiger partial charge in [0.15, 0.2) is 0 Å². The molecule has 4 heteroatoms. The van der Waals surface area contributed by atoms with Gasteiger partial charge >= 0.3 is 0 Å². The number of hydrogen-bond acceptors (Lipinski definition) is 3. The van der Waals surface area contributed by atoms with Gasteiger partial charge < -0.3 is 10.5 Å². The number of fused-ring (bicyclic) bond motifs is 1. The molecule has 0 amide bonds. The predicted octanol–water partition coefficient (Wildman–Crippen LogP) is 3.10. The van der Waals surface area contributed by atoms with E-state index in [0.717, 1.165) is 22.2 Å². The zero-order valence-electron chi connectivity index (χ0n) is 11.4. The van der Waals surface area contributed by atoms with E-state index in [2.05, 4.69) is 4.98 Å². The molecule has 1 aromatic heterocycles. The third-order valence-corrected chi connectivity index (χ3v) is 3.30. The minimum Gasteiger partial charge on any atom is -0.489 e. The molecule has 0 aliphatic heterocycles. The molecule has 4 nitrogen and oxygen atoms in total. The van der Waals surface area contributed by atoms with Crippen molar-refractivity contribution >= 4 is 16.7 Å². The molecule has 0 unspecified atom stereocenters. The van der Waals surface area contributed by atoms with Crippen LogP contribution in [0.4, 0.5) is 0 Å². The van der Waals surface area contributed by atoms with Crippen LogP contribution in [0.25, 0.3) is 10.9 Å². The summed E-state index contributed by atoms with van der Waals surface area (Å²) in [6, 6.07) is 17.2. The molecule has 0 aliphatic carbocycles. The lowest BCUT2D eigenvalue weighted by Crippen LogP contribution is -2.10. The van der Waals surface area contributed by atoms with Crippen molar-refractivity contribution in [2.24, 2.45) is 5.73 Å². The van der Waals surface area contributed by atoms with Crippen LogP contribution < -0.4 is 10.5 Å². The van der Waals surface area contributed by atoms with Crippen LogP contribution in [0.2, 0.25) is 0 Å². The molecule has 0 spiro atoms. The van der Waals surface area contributed by atoms with Gasteiger partial charge in [-0.2, -0.15) is 0 Å². The largest absolute Gasteiger partial charge is 0.489 e. The van der Waals surface area contributed by atoms with Crippen LogP contribution in [0.15, 0.2) is 60.8 Å². The second-order valence-corrected chi connectivity index (χ2v) is 4.71. The molecule has 0 atom stereocenters. The van der Waals surface area contributed by atoms with Gasteiger partial charge in [-0.25, -0.2) is 0 Å². The van der Waals surface area contributed by atoms with E-state index in [9.17, 15) is 0 Å². The summed E-state index contributed by atoms with van der Waals surface area (Å²) in [5, 5.41) is 8.46. The monoisotopic (exact) mass is 277 g/mol. The molecule has 3 rings (SSSR count). The molecular weight excluding hydrogens is 262 g/mol. The average Bonchev–Trinajstić information content (AvgIpc) is 2.53. The van der Waals surface area contributed by atoms with E-state index in [1.54, 1.807) is 18.3 Å². The summed E-state index contributed by atoms with van der Waals surface area (Å²) in [7, 11) is 0. The summed E-state index contributed by atoms with van der Waals surface area (Å²) < 4.78 is 5.80. The maximum atomic E-state index is 7.36. The first-order valence-corrected chi connectivity index (χ1v) is 6.64. The highest BCUT2D eigenvalue weighted by Crippen LogP contribution is 2.19. The van der Waals surface area contributed by atoms with Crippen molar-refractivity contribution in [2.75, 3.05) is 0 Å². The standard InChI is InChI=1S/C17H15N3O/c18-17(19)12-5-7-14(8-6-12)21-11-13-9-10-20-16-4-2-1-3-15(13)16/h1-10H,11H2,(H3,18,19). The number of rotatable bonds is 4. The fourth-order valence-corrected chi connectivity index (χ4v) is 2.17. The maximum Gasteiger partial charge on any atom is 0.122 e. The summed E-state index contributed by atoms with van der Waals surface area (Å²) in [5.74, 6) is 0.808. The van der Waals surface area contributed by atoms with Crippen molar-refractivity contribution in [2.45, 2.75) is 6.61 Å². The number of benzene rings is 2. The van der Waals surface area contributed by atoms with Gasteiger partial charge in [0.1, 0.15) is 18.2 Å². The number of para-hydroxylation sites is 1. The van der Waals surface area contributed by atoms with Crippen LogP contribution in [0.3, 0.4) is 0 Å². The van der Waals surface area contributed by atoms with Crippen LogP contribution in [0.5, 0.6) is 5.75 Å². The Morgan fingerprint density at radius 3 is 2.57 bits per heavy atom. The highest BCUT2D eigenvalue weighted by atomic mass is 16.5. The molecule has 0 aliphatic rings. The smallest absolute Gasteiger partial charge is 0.122 e. The topological polar surface area (TPSA) is 72.0 Å². The lowest BCUT2D eigenvalue weighted by Gasteiger charge is -2.09. The number of nitrogens with two attached hydrogens (primary N) is 1. The maximum absolute atomic E-state index is 7.36. The number of pyridine rings is 1. The first-order chi connectivity index (χ1) is 10.2. The second-order valence-electron chi connectivity index (χ2n) is 4.71. The Labute approximate surface area is 122 Å². The molecule has 21 heavy (non-hydrogen) atoms. The minimum absolute atomic E-state index is 0.0571. The van der Waals surface area contributed by atoms with Crippen LogP contribution in [-0.4, -0.2) is 10.8 Å². The van der Waals surface area contributed by atoms with Crippen molar-refractivity contribution in [1.29, 1.82) is 5.41 Å². The Morgan fingerprint density at radius 1 is 1.05 bits per heavy atom. The zero-order valence-corrected chi connectivity index (χ0v) is 11.4. The van der Waals surface area contributed by atoms with Gasteiger partial charge in [0.25, 0.3) is 0 Å². The van der Waals surface area contributed by atoms with Gasteiger partial charge in [-0.3, -0.25) is 10.4 Å². The SMILES string of the molecule is N=C(N)c1ccc(OCc2ccnc3ccccc23)cc1. The summed E-state index contributed by atoms with van der Waals surface area (Å²) in [5.41, 5.74) is 8.18. The van der Waals surface area contributed by atoms with Crippen LogP contribution in [0.1, 0.15) is 11.1 Å². The Kier molecular flexibility index (Phi) is 3.51. The Hall–Kier alpha value is -2.88. The lowest BCUT2D eigenvalue weighted by atomic mass is 10.1. The summed E-state index contributed by atoms with van der Waals surface area (Å²) >= 11 is 0. The molecule has 104 valence electrons. The van der Waals surface area contributed by atoms with E-state index in [-0.39, 0.29) is 5.84 Å². The van der Waals surface area contributed by atoms with Crippen molar-refractivity contribution in [3.05, 3.63) is 71.9 Å². The number of nitrogens with one attached hydrogen (secondary N) is 1. The number of hydrogen-bond donors (Lipinski definition) is 2. The molecule has 3 N–H and O–H groups in total. The van der Waals surface area contributed by atoms with E-state index < -0.39 is 0 Å². The summed E-state index contributed by atoms with van der Waals surface area (Å²) in [4.78, 5) is 4.33. The number of nitrogen functional groups attached to an aromatic ring is 1. The molecule has 3 aromatic rings. The Bertz CT molecular complexity index is 776. The molecule has 0 saturated carbocycles. The first-order valence-electron chi connectivity index (χ1n) is 6.64. The quantitative estimate of drug-likeness (QED) is 0.568. The van der Waals surface area contributed by atoms with E-state index in [0.29, 0.717) is 12.2 Å². The van der Waals surface area contributed by atoms with Gasteiger partial charge in [-0.05, 0) is 36.4 Å². The Morgan fingerprint density at radius 2 is 1.81 bits per heavy atom.